The van der Waals surface area contributed by atoms with Crippen LogP contribution in [-0.4, -0.2) is 35.5 Å². The number of carbonyl (C=O) groups is 2. The summed E-state index contributed by atoms with van der Waals surface area (Å²) in [4.78, 5) is 23.4. The number of rotatable bonds is 12. The number of aryl methyl sites for hydroxylation is 1. The van der Waals surface area contributed by atoms with Gasteiger partial charge in [0, 0.05) is 23.2 Å². The third-order valence-corrected chi connectivity index (χ3v) is 7.54. The molecule has 0 spiro atoms. The number of carboxylic acids is 1. The van der Waals surface area contributed by atoms with Gasteiger partial charge in [-0.05, 0) is 55.7 Å². The Bertz CT molecular complexity index is 922. The highest BCUT2D eigenvalue weighted by Gasteiger charge is 2.19. The fraction of sp³-hybridized carbons (Fsp3) is 0.481. The molecule has 0 aromatic heterocycles. The number of thioether (sulfide) groups is 1. The van der Waals surface area contributed by atoms with Crippen molar-refractivity contribution < 1.29 is 24.2 Å². The van der Waals surface area contributed by atoms with Crippen molar-refractivity contribution in [2.24, 2.45) is 5.92 Å². The lowest BCUT2D eigenvalue weighted by Crippen LogP contribution is -2.22. The van der Waals surface area contributed by atoms with Crippen molar-refractivity contribution >= 4 is 23.5 Å². The van der Waals surface area contributed by atoms with Crippen molar-refractivity contribution in [2.45, 2.75) is 64.1 Å². The van der Waals surface area contributed by atoms with Crippen LogP contribution in [0.4, 0.5) is 0 Å². The van der Waals surface area contributed by atoms with Crippen molar-refractivity contribution in [1.29, 1.82) is 0 Å². The molecule has 0 radical (unpaired) electrons. The lowest BCUT2D eigenvalue weighted by atomic mass is 9.97. The Kier molecular flexibility index (Phi) is 9.97. The molecule has 33 heavy (non-hydrogen) atoms. The Hall–Kier alpha value is -2.15. The average Bonchev–Trinajstić information content (AvgIpc) is 2.83. The van der Waals surface area contributed by atoms with Crippen molar-refractivity contribution in [1.82, 2.24) is 0 Å². The highest BCUT2D eigenvalue weighted by atomic mass is 32.2. The smallest absolute Gasteiger partial charge is 0.307 e. The lowest BCUT2D eigenvalue weighted by Gasteiger charge is -2.23. The van der Waals surface area contributed by atoms with Crippen molar-refractivity contribution in [3.05, 3.63) is 70.8 Å². The average molecular weight is 471 g/mol. The van der Waals surface area contributed by atoms with E-state index in [4.69, 9.17) is 9.47 Å². The van der Waals surface area contributed by atoms with E-state index < -0.39 is 11.9 Å². The van der Waals surface area contributed by atoms with Crippen LogP contribution in [0, 0.1) is 5.92 Å². The molecule has 5 nitrogen and oxygen atoms in total. The SMILES string of the molecule is CC(=O)c1ccccc1CCC(SCC(C)C(=O)O)c1cccc(COC2CCCCO2)c1. The highest BCUT2D eigenvalue weighted by molar-refractivity contribution is 7.99. The second-order valence-corrected chi connectivity index (χ2v) is 9.90. The number of hydrogen-bond acceptors (Lipinski definition) is 5. The van der Waals surface area contributed by atoms with Crippen LogP contribution >= 0.6 is 11.8 Å². The first-order valence-electron chi connectivity index (χ1n) is 11.7. The van der Waals surface area contributed by atoms with Gasteiger partial charge in [-0.3, -0.25) is 9.59 Å². The van der Waals surface area contributed by atoms with Crippen molar-refractivity contribution in [2.75, 3.05) is 12.4 Å². The zero-order valence-electron chi connectivity index (χ0n) is 19.5. The van der Waals surface area contributed by atoms with Crippen LogP contribution in [0.5, 0.6) is 0 Å². The molecule has 0 saturated carbocycles. The number of benzene rings is 2. The Labute approximate surface area is 200 Å². The Morgan fingerprint density at radius 1 is 1.18 bits per heavy atom. The topological polar surface area (TPSA) is 72.8 Å². The molecule has 1 aliphatic rings. The minimum absolute atomic E-state index is 0.0679. The van der Waals surface area contributed by atoms with E-state index in [-0.39, 0.29) is 17.3 Å². The molecule has 1 aliphatic heterocycles. The summed E-state index contributed by atoms with van der Waals surface area (Å²) in [5.74, 6) is -0.599. The number of Topliss-reactive ketones (excluding diaryl/α,β-unsaturated/α-hetero) is 1. The molecule has 178 valence electrons. The second kappa shape index (κ2) is 12.9. The van der Waals surface area contributed by atoms with Gasteiger partial charge in [0.25, 0.3) is 0 Å². The predicted molar refractivity (Wildman–Crippen MR) is 132 cm³/mol. The van der Waals surface area contributed by atoms with Gasteiger partial charge in [-0.1, -0.05) is 55.5 Å². The molecule has 3 rings (SSSR count). The monoisotopic (exact) mass is 470 g/mol. The van der Waals surface area contributed by atoms with Crippen LogP contribution in [0.15, 0.2) is 48.5 Å². The van der Waals surface area contributed by atoms with Gasteiger partial charge in [0.2, 0.25) is 0 Å². The van der Waals surface area contributed by atoms with E-state index in [1.807, 2.05) is 30.3 Å². The Morgan fingerprint density at radius 3 is 2.73 bits per heavy atom. The number of hydrogen-bond donors (Lipinski definition) is 1. The zero-order valence-corrected chi connectivity index (χ0v) is 20.3. The van der Waals surface area contributed by atoms with Gasteiger partial charge in [0.05, 0.1) is 12.5 Å². The number of ketones is 1. The molecule has 3 atom stereocenters. The van der Waals surface area contributed by atoms with Gasteiger partial charge in [-0.25, -0.2) is 0 Å². The fourth-order valence-electron chi connectivity index (χ4n) is 3.96. The number of carbonyl (C=O) groups excluding carboxylic acids is 1. The molecular formula is C27H34O5S. The summed E-state index contributed by atoms with van der Waals surface area (Å²) >= 11 is 1.67. The van der Waals surface area contributed by atoms with E-state index >= 15 is 0 Å². The molecule has 0 bridgehead atoms. The summed E-state index contributed by atoms with van der Waals surface area (Å²) in [6.07, 6.45) is 4.60. The van der Waals surface area contributed by atoms with Crippen molar-refractivity contribution in [3.63, 3.8) is 0 Å². The molecule has 1 fully saturated rings. The standard InChI is InChI=1S/C27H34O5S/c1-19(27(29)30)18-33-25(14-13-22-9-3-4-11-24(22)20(2)28)23-10-7-8-21(16-23)17-32-26-12-5-6-15-31-26/h3-4,7-11,16,19,25-26H,5-6,12-15,17-18H2,1-2H3,(H,29,30). The first kappa shape index (κ1) is 25.5. The number of aliphatic carboxylic acids is 1. The third-order valence-electron chi connectivity index (χ3n) is 5.94. The second-order valence-electron chi connectivity index (χ2n) is 8.67. The maximum absolute atomic E-state index is 12.0. The van der Waals surface area contributed by atoms with E-state index in [0.717, 1.165) is 61.0 Å². The van der Waals surface area contributed by atoms with Crippen LogP contribution in [0.3, 0.4) is 0 Å². The van der Waals surface area contributed by atoms with E-state index in [0.29, 0.717) is 12.4 Å². The number of ether oxygens (including phenoxy) is 2. The minimum atomic E-state index is -0.780. The Balaban J connectivity index is 1.71. The molecule has 1 N–H and O–H groups in total. The molecule has 3 unspecified atom stereocenters. The molecular weight excluding hydrogens is 436 g/mol. The lowest BCUT2D eigenvalue weighted by molar-refractivity contribution is -0.168. The molecule has 2 aromatic carbocycles. The predicted octanol–water partition coefficient (Wildman–Crippen LogP) is 6.06. The number of carboxylic acid groups (broad SMARTS) is 1. The van der Waals surface area contributed by atoms with E-state index in [9.17, 15) is 14.7 Å². The van der Waals surface area contributed by atoms with E-state index in [1.165, 1.54) is 0 Å². The van der Waals surface area contributed by atoms with Gasteiger partial charge < -0.3 is 14.6 Å². The largest absolute Gasteiger partial charge is 0.481 e. The van der Waals surface area contributed by atoms with Crippen LogP contribution < -0.4 is 0 Å². The van der Waals surface area contributed by atoms with Gasteiger partial charge in [0.15, 0.2) is 12.1 Å². The molecule has 0 aliphatic carbocycles. The summed E-state index contributed by atoms with van der Waals surface area (Å²) < 4.78 is 11.6. The summed E-state index contributed by atoms with van der Waals surface area (Å²) in [7, 11) is 0. The van der Waals surface area contributed by atoms with Gasteiger partial charge in [-0.2, -0.15) is 11.8 Å². The summed E-state index contributed by atoms with van der Waals surface area (Å²) in [6, 6.07) is 16.1. The molecule has 6 heteroatoms. The van der Waals surface area contributed by atoms with E-state index in [2.05, 4.69) is 18.2 Å². The zero-order chi connectivity index (χ0) is 23.6. The summed E-state index contributed by atoms with van der Waals surface area (Å²) in [5, 5.41) is 9.45. The van der Waals surface area contributed by atoms with Crippen molar-refractivity contribution in [3.8, 4) is 0 Å². The molecule has 2 aromatic rings. The van der Waals surface area contributed by atoms with Gasteiger partial charge in [0.1, 0.15) is 0 Å². The summed E-state index contributed by atoms with van der Waals surface area (Å²) in [6.45, 7) is 4.59. The maximum Gasteiger partial charge on any atom is 0.307 e. The highest BCUT2D eigenvalue weighted by Crippen LogP contribution is 2.35. The first-order valence-corrected chi connectivity index (χ1v) is 12.7. The third kappa shape index (κ3) is 7.98. The molecule has 1 saturated heterocycles. The van der Waals surface area contributed by atoms with Crippen LogP contribution in [0.1, 0.15) is 71.8 Å². The molecule has 0 amide bonds. The fourth-order valence-corrected chi connectivity index (χ4v) is 5.25. The van der Waals surface area contributed by atoms with Gasteiger partial charge >= 0.3 is 5.97 Å². The molecule has 1 heterocycles. The van der Waals surface area contributed by atoms with Crippen LogP contribution in [-0.2, 0) is 27.3 Å². The minimum Gasteiger partial charge on any atom is -0.481 e. The van der Waals surface area contributed by atoms with E-state index in [1.54, 1.807) is 25.6 Å². The quantitative estimate of drug-likeness (QED) is 0.380. The van der Waals surface area contributed by atoms with Crippen LogP contribution in [0.25, 0.3) is 0 Å². The maximum atomic E-state index is 12.0. The van der Waals surface area contributed by atoms with Gasteiger partial charge in [-0.15, -0.1) is 0 Å². The Morgan fingerprint density at radius 2 is 2.00 bits per heavy atom. The van der Waals surface area contributed by atoms with Crippen LogP contribution in [0.2, 0.25) is 0 Å². The first-order chi connectivity index (χ1) is 15.9. The summed E-state index contributed by atoms with van der Waals surface area (Å²) in [5.41, 5.74) is 4.04. The normalized spacial score (nSPS) is 17.9.